The molecule has 4 rings (SSSR count). The average molecular weight is 450 g/mol. The summed E-state index contributed by atoms with van der Waals surface area (Å²) in [7, 11) is 3.11. The minimum atomic E-state index is -0.125. The fourth-order valence-electron chi connectivity index (χ4n) is 3.90. The van der Waals surface area contributed by atoms with Gasteiger partial charge < -0.3 is 24.2 Å². The molecule has 1 aliphatic rings. The Morgan fingerprint density at radius 3 is 2.42 bits per heavy atom. The number of nitrogens with zero attached hydrogens (tertiary/aromatic N) is 3. The maximum atomic E-state index is 13.0. The molecule has 1 fully saturated rings. The second kappa shape index (κ2) is 9.72. The minimum absolute atomic E-state index is 0.0709. The van der Waals surface area contributed by atoms with E-state index < -0.39 is 0 Å². The molecule has 0 spiro atoms. The van der Waals surface area contributed by atoms with Gasteiger partial charge in [-0.1, -0.05) is 5.16 Å². The molecular formula is C24H26N4O5. The van der Waals surface area contributed by atoms with Crippen LogP contribution in [0.4, 0.5) is 5.69 Å². The van der Waals surface area contributed by atoms with Gasteiger partial charge in [0, 0.05) is 43.2 Å². The monoisotopic (exact) mass is 450 g/mol. The van der Waals surface area contributed by atoms with Crippen LogP contribution >= 0.6 is 0 Å². The zero-order valence-electron chi connectivity index (χ0n) is 18.8. The molecule has 33 heavy (non-hydrogen) atoms. The number of anilines is 1. The number of carbonyl (C=O) groups is 2. The van der Waals surface area contributed by atoms with Crippen LogP contribution in [-0.4, -0.2) is 54.2 Å². The van der Waals surface area contributed by atoms with Gasteiger partial charge in [-0.15, -0.1) is 0 Å². The molecule has 172 valence electrons. The zero-order valence-corrected chi connectivity index (χ0v) is 18.8. The summed E-state index contributed by atoms with van der Waals surface area (Å²) in [6.07, 6.45) is 1.46. The number of carbonyl (C=O) groups excluding carboxylic acids is 2. The third-order valence-electron chi connectivity index (χ3n) is 5.68. The van der Waals surface area contributed by atoms with E-state index in [2.05, 4.69) is 15.5 Å². The van der Waals surface area contributed by atoms with Crippen LogP contribution in [0.5, 0.6) is 11.5 Å². The number of benzene rings is 2. The lowest BCUT2D eigenvalue weighted by Gasteiger charge is -2.30. The fraction of sp³-hybridized carbons (Fsp3) is 0.333. The standard InChI is InChI=1S/C24H26N4O5/c1-15(29)25-18-6-4-16(5-7-18)22-26-23(33-27-22)17-10-12-28(13-11-17)24(30)20-9-8-19(31-2)14-21(20)32-3/h4-9,14,17H,10-13H2,1-3H3,(H,25,29). The third-order valence-corrected chi connectivity index (χ3v) is 5.68. The number of aromatic nitrogens is 2. The van der Waals surface area contributed by atoms with Crippen molar-refractivity contribution in [2.24, 2.45) is 0 Å². The molecule has 2 heterocycles. The highest BCUT2D eigenvalue weighted by molar-refractivity contribution is 5.97. The second-order valence-electron chi connectivity index (χ2n) is 7.85. The molecule has 0 unspecified atom stereocenters. The number of hydrogen-bond acceptors (Lipinski definition) is 7. The Balaban J connectivity index is 1.39. The number of rotatable bonds is 6. The van der Waals surface area contributed by atoms with Gasteiger partial charge in [-0.2, -0.15) is 4.98 Å². The topological polar surface area (TPSA) is 107 Å². The quantitative estimate of drug-likeness (QED) is 0.610. The molecule has 0 radical (unpaired) electrons. The molecule has 0 saturated carbocycles. The summed E-state index contributed by atoms with van der Waals surface area (Å²) in [5.74, 6) is 2.10. The number of likely N-dealkylation sites (tertiary alicyclic amines) is 1. The molecule has 0 atom stereocenters. The minimum Gasteiger partial charge on any atom is -0.497 e. The molecule has 2 aromatic carbocycles. The lowest BCUT2D eigenvalue weighted by molar-refractivity contribution is -0.114. The lowest BCUT2D eigenvalue weighted by atomic mass is 9.96. The first kappa shape index (κ1) is 22.3. The summed E-state index contributed by atoms with van der Waals surface area (Å²) in [5.41, 5.74) is 2.03. The molecule has 2 amide bonds. The summed E-state index contributed by atoms with van der Waals surface area (Å²) >= 11 is 0. The largest absolute Gasteiger partial charge is 0.497 e. The highest BCUT2D eigenvalue weighted by atomic mass is 16.5. The summed E-state index contributed by atoms with van der Waals surface area (Å²) < 4.78 is 16.1. The molecule has 0 aliphatic carbocycles. The van der Waals surface area contributed by atoms with E-state index in [-0.39, 0.29) is 17.7 Å². The Labute approximate surface area is 191 Å². The van der Waals surface area contributed by atoms with Gasteiger partial charge in [-0.05, 0) is 49.2 Å². The van der Waals surface area contributed by atoms with Crippen LogP contribution in [0.2, 0.25) is 0 Å². The van der Waals surface area contributed by atoms with E-state index >= 15 is 0 Å². The van der Waals surface area contributed by atoms with E-state index in [4.69, 9.17) is 14.0 Å². The molecule has 1 aromatic heterocycles. The summed E-state index contributed by atoms with van der Waals surface area (Å²) in [4.78, 5) is 30.6. The van der Waals surface area contributed by atoms with Gasteiger partial charge in [0.05, 0.1) is 19.8 Å². The van der Waals surface area contributed by atoms with Gasteiger partial charge in [0.1, 0.15) is 11.5 Å². The van der Waals surface area contributed by atoms with Crippen molar-refractivity contribution in [3.05, 3.63) is 53.9 Å². The predicted octanol–water partition coefficient (Wildman–Crippen LogP) is 3.73. The Kier molecular flexibility index (Phi) is 6.58. The molecule has 1 N–H and O–H groups in total. The molecular weight excluding hydrogens is 424 g/mol. The van der Waals surface area contributed by atoms with Crippen molar-refractivity contribution in [2.45, 2.75) is 25.7 Å². The predicted molar refractivity (Wildman–Crippen MR) is 121 cm³/mol. The Morgan fingerprint density at radius 1 is 1.06 bits per heavy atom. The van der Waals surface area contributed by atoms with Crippen molar-refractivity contribution in [2.75, 3.05) is 32.6 Å². The van der Waals surface area contributed by atoms with Crippen molar-refractivity contribution in [3.63, 3.8) is 0 Å². The molecule has 9 nitrogen and oxygen atoms in total. The maximum absolute atomic E-state index is 13.0. The smallest absolute Gasteiger partial charge is 0.257 e. The van der Waals surface area contributed by atoms with E-state index in [1.807, 2.05) is 17.0 Å². The Hall–Kier alpha value is -3.88. The van der Waals surface area contributed by atoms with Crippen LogP contribution in [0.1, 0.15) is 41.9 Å². The van der Waals surface area contributed by atoms with Crippen LogP contribution < -0.4 is 14.8 Å². The van der Waals surface area contributed by atoms with Crippen molar-refractivity contribution in [1.29, 1.82) is 0 Å². The summed E-state index contributed by atoms with van der Waals surface area (Å²) in [6, 6.07) is 12.5. The number of ether oxygens (including phenoxy) is 2. The van der Waals surface area contributed by atoms with E-state index in [9.17, 15) is 9.59 Å². The van der Waals surface area contributed by atoms with E-state index in [1.165, 1.54) is 6.92 Å². The second-order valence-corrected chi connectivity index (χ2v) is 7.85. The highest BCUT2D eigenvalue weighted by Gasteiger charge is 2.29. The molecule has 1 saturated heterocycles. The molecule has 0 bridgehead atoms. The van der Waals surface area contributed by atoms with Gasteiger partial charge >= 0.3 is 0 Å². The number of hydrogen-bond donors (Lipinski definition) is 1. The average Bonchev–Trinajstić information content (AvgIpc) is 3.33. The van der Waals surface area contributed by atoms with Crippen LogP contribution in [-0.2, 0) is 4.79 Å². The first-order valence-electron chi connectivity index (χ1n) is 10.7. The maximum Gasteiger partial charge on any atom is 0.257 e. The van der Waals surface area contributed by atoms with Gasteiger partial charge in [0.2, 0.25) is 17.6 Å². The van der Waals surface area contributed by atoms with E-state index in [0.29, 0.717) is 47.6 Å². The highest BCUT2D eigenvalue weighted by Crippen LogP contribution is 2.31. The Morgan fingerprint density at radius 2 is 1.79 bits per heavy atom. The number of piperidine rings is 1. The number of methoxy groups -OCH3 is 2. The first-order chi connectivity index (χ1) is 16.0. The molecule has 3 aromatic rings. The van der Waals surface area contributed by atoms with Crippen LogP contribution in [0.15, 0.2) is 47.0 Å². The molecule has 1 aliphatic heterocycles. The van der Waals surface area contributed by atoms with Gasteiger partial charge in [0.25, 0.3) is 5.91 Å². The zero-order chi connectivity index (χ0) is 23.4. The van der Waals surface area contributed by atoms with Crippen molar-refractivity contribution >= 4 is 17.5 Å². The lowest BCUT2D eigenvalue weighted by Crippen LogP contribution is -2.38. The first-order valence-corrected chi connectivity index (χ1v) is 10.7. The number of amides is 2. The van der Waals surface area contributed by atoms with Gasteiger partial charge in [-0.3, -0.25) is 9.59 Å². The van der Waals surface area contributed by atoms with Crippen LogP contribution in [0.3, 0.4) is 0 Å². The SMILES string of the molecule is COc1ccc(C(=O)N2CCC(c3nc(-c4ccc(NC(C)=O)cc4)no3)CC2)c(OC)c1. The normalized spacial score (nSPS) is 14.1. The summed E-state index contributed by atoms with van der Waals surface area (Å²) in [5, 5.41) is 6.84. The van der Waals surface area contributed by atoms with Crippen molar-refractivity contribution in [3.8, 4) is 22.9 Å². The van der Waals surface area contributed by atoms with E-state index in [0.717, 1.165) is 18.4 Å². The third kappa shape index (κ3) is 4.97. The van der Waals surface area contributed by atoms with Crippen molar-refractivity contribution < 1.29 is 23.6 Å². The van der Waals surface area contributed by atoms with Crippen LogP contribution in [0, 0.1) is 0 Å². The summed E-state index contributed by atoms with van der Waals surface area (Å²) in [6.45, 7) is 2.63. The van der Waals surface area contributed by atoms with E-state index in [1.54, 1.807) is 44.6 Å². The van der Waals surface area contributed by atoms with Crippen molar-refractivity contribution in [1.82, 2.24) is 15.0 Å². The Bertz CT molecular complexity index is 1130. The van der Waals surface area contributed by atoms with Crippen LogP contribution in [0.25, 0.3) is 11.4 Å². The molecule has 9 heteroatoms. The number of nitrogens with one attached hydrogen (secondary N) is 1. The van der Waals surface area contributed by atoms with Gasteiger partial charge in [0.15, 0.2) is 0 Å². The fourth-order valence-corrected chi connectivity index (χ4v) is 3.90. The van der Waals surface area contributed by atoms with Gasteiger partial charge in [-0.25, -0.2) is 0 Å².